The van der Waals surface area contributed by atoms with Crippen LogP contribution < -0.4 is 4.90 Å². The molecule has 0 fully saturated rings. The van der Waals surface area contributed by atoms with Crippen LogP contribution in [0.25, 0.3) is 0 Å². The number of rotatable bonds is 4. The fraction of sp³-hybridized carbons (Fsp3) is 0.176. The van der Waals surface area contributed by atoms with Crippen LogP contribution >= 0.6 is 0 Å². The second-order valence-corrected chi connectivity index (χ2v) is 7.26. The van der Waals surface area contributed by atoms with Crippen LogP contribution in [0.3, 0.4) is 0 Å². The van der Waals surface area contributed by atoms with Crippen LogP contribution in [-0.2, 0) is 21.2 Å². The third kappa shape index (κ3) is 3.78. The van der Waals surface area contributed by atoms with Crippen molar-refractivity contribution in [2.24, 2.45) is 0 Å². The molecule has 124 valence electrons. The standard InChI is InChI=1S/C17H15FN2O3S/c1-12(21)20(11-13-7-8-14(10-19)15(18)9-13)16-5-3-4-6-17(16)24(2,22)23/h3-9H,11H2,1-2H3. The van der Waals surface area contributed by atoms with Crippen LogP contribution in [-0.4, -0.2) is 20.6 Å². The smallest absolute Gasteiger partial charge is 0.224 e. The van der Waals surface area contributed by atoms with Gasteiger partial charge in [0.15, 0.2) is 9.84 Å². The average molecular weight is 346 g/mol. The third-order valence-corrected chi connectivity index (χ3v) is 4.57. The fourth-order valence-electron chi connectivity index (χ4n) is 2.29. The number of amides is 1. The fourth-order valence-corrected chi connectivity index (χ4v) is 3.17. The molecule has 1 amide bonds. The first-order valence-corrected chi connectivity index (χ1v) is 8.89. The number of sulfone groups is 1. The summed E-state index contributed by atoms with van der Waals surface area (Å²) in [5.41, 5.74) is 0.590. The highest BCUT2D eigenvalue weighted by Crippen LogP contribution is 2.27. The zero-order chi connectivity index (χ0) is 17.9. The van der Waals surface area contributed by atoms with E-state index in [2.05, 4.69) is 0 Å². The highest BCUT2D eigenvalue weighted by molar-refractivity contribution is 7.90. The van der Waals surface area contributed by atoms with Crippen LogP contribution in [0.1, 0.15) is 18.1 Å². The summed E-state index contributed by atoms with van der Waals surface area (Å²) in [4.78, 5) is 13.3. The molecule has 0 spiro atoms. The van der Waals surface area contributed by atoms with E-state index in [0.29, 0.717) is 5.56 Å². The summed E-state index contributed by atoms with van der Waals surface area (Å²) in [5, 5.41) is 8.76. The quantitative estimate of drug-likeness (QED) is 0.852. The summed E-state index contributed by atoms with van der Waals surface area (Å²) >= 11 is 0. The molecule has 0 N–H and O–H groups in total. The molecule has 24 heavy (non-hydrogen) atoms. The molecule has 0 aliphatic rings. The maximum absolute atomic E-state index is 13.8. The van der Waals surface area contributed by atoms with E-state index in [4.69, 9.17) is 5.26 Å². The lowest BCUT2D eigenvalue weighted by atomic mass is 10.1. The average Bonchev–Trinajstić information content (AvgIpc) is 2.51. The van der Waals surface area contributed by atoms with Gasteiger partial charge in [-0.3, -0.25) is 4.79 Å². The van der Waals surface area contributed by atoms with Crippen LogP contribution in [0.15, 0.2) is 47.4 Å². The number of carbonyl (C=O) groups is 1. The third-order valence-electron chi connectivity index (χ3n) is 3.43. The Labute approximate surface area is 139 Å². The summed E-state index contributed by atoms with van der Waals surface area (Å²) in [7, 11) is -3.53. The van der Waals surface area contributed by atoms with Crippen LogP contribution in [0.2, 0.25) is 0 Å². The van der Waals surface area contributed by atoms with Crippen LogP contribution in [0.5, 0.6) is 0 Å². The summed E-state index contributed by atoms with van der Waals surface area (Å²) in [5.74, 6) is -1.06. The Bertz CT molecular complexity index is 933. The van der Waals surface area contributed by atoms with E-state index >= 15 is 0 Å². The van der Waals surface area contributed by atoms with E-state index in [0.717, 1.165) is 12.3 Å². The monoisotopic (exact) mass is 346 g/mol. The highest BCUT2D eigenvalue weighted by Gasteiger charge is 2.21. The number of hydrogen-bond donors (Lipinski definition) is 0. The van der Waals surface area contributed by atoms with Crippen molar-refractivity contribution in [3.05, 3.63) is 59.4 Å². The van der Waals surface area contributed by atoms with Gasteiger partial charge in [-0.25, -0.2) is 12.8 Å². The molecule has 2 aromatic carbocycles. The van der Waals surface area contributed by atoms with Gasteiger partial charge in [-0.05, 0) is 29.8 Å². The SMILES string of the molecule is CC(=O)N(Cc1ccc(C#N)c(F)c1)c1ccccc1S(C)(=O)=O. The van der Waals surface area contributed by atoms with Crippen molar-refractivity contribution in [1.82, 2.24) is 0 Å². The van der Waals surface area contributed by atoms with Crippen molar-refractivity contribution >= 4 is 21.4 Å². The van der Waals surface area contributed by atoms with Gasteiger partial charge in [0.1, 0.15) is 11.9 Å². The Hall–Kier alpha value is -2.72. The Balaban J connectivity index is 2.48. The van der Waals surface area contributed by atoms with Crippen LogP contribution in [0, 0.1) is 17.1 Å². The predicted molar refractivity (Wildman–Crippen MR) is 87.5 cm³/mol. The predicted octanol–water partition coefficient (Wildman–Crippen LogP) is 2.65. The summed E-state index contributed by atoms with van der Waals surface area (Å²) < 4.78 is 37.6. The Kier molecular flexibility index (Phi) is 5.00. The first-order valence-electron chi connectivity index (χ1n) is 6.99. The van der Waals surface area contributed by atoms with E-state index in [1.807, 2.05) is 0 Å². The number of carbonyl (C=O) groups excluding carboxylic acids is 1. The molecule has 0 radical (unpaired) electrons. The van der Waals surface area contributed by atoms with Crippen LogP contribution in [0.4, 0.5) is 10.1 Å². The minimum absolute atomic E-state index is 0.00943. The van der Waals surface area contributed by atoms with Gasteiger partial charge in [0.05, 0.1) is 22.7 Å². The molecule has 0 aliphatic carbocycles. The lowest BCUT2D eigenvalue weighted by Gasteiger charge is -2.23. The molecule has 2 aromatic rings. The molecule has 0 aromatic heterocycles. The lowest BCUT2D eigenvalue weighted by Crippen LogP contribution is -2.29. The van der Waals surface area contributed by atoms with Gasteiger partial charge in [0.25, 0.3) is 0 Å². The molecular weight excluding hydrogens is 331 g/mol. The second kappa shape index (κ2) is 6.81. The number of anilines is 1. The number of para-hydroxylation sites is 1. The Morgan fingerprint density at radius 1 is 1.25 bits per heavy atom. The molecule has 0 atom stereocenters. The molecule has 5 nitrogen and oxygen atoms in total. The molecule has 0 saturated heterocycles. The molecule has 0 unspecified atom stereocenters. The van der Waals surface area contributed by atoms with Crippen molar-refractivity contribution in [3.8, 4) is 6.07 Å². The van der Waals surface area contributed by atoms with E-state index in [9.17, 15) is 17.6 Å². The topological polar surface area (TPSA) is 78.2 Å². The zero-order valence-electron chi connectivity index (χ0n) is 13.2. The van der Waals surface area contributed by atoms with Crippen molar-refractivity contribution in [1.29, 1.82) is 5.26 Å². The highest BCUT2D eigenvalue weighted by atomic mass is 32.2. The Morgan fingerprint density at radius 2 is 1.92 bits per heavy atom. The van der Waals surface area contributed by atoms with Gasteiger partial charge in [0, 0.05) is 13.2 Å². The van der Waals surface area contributed by atoms with Gasteiger partial charge < -0.3 is 4.90 Å². The first-order chi connectivity index (χ1) is 11.2. The van der Waals surface area contributed by atoms with E-state index in [-0.39, 0.29) is 28.6 Å². The van der Waals surface area contributed by atoms with Gasteiger partial charge in [0.2, 0.25) is 5.91 Å². The molecule has 0 heterocycles. The van der Waals surface area contributed by atoms with Crippen molar-refractivity contribution in [2.45, 2.75) is 18.4 Å². The van der Waals surface area contributed by atoms with Gasteiger partial charge >= 0.3 is 0 Å². The van der Waals surface area contributed by atoms with Gasteiger partial charge in [-0.1, -0.05) is 18.2 Å². The summed E-state index contributed by atoms with van der Waals surface area (Å²) in [6.07, 6.45) is 1.06. The van der Waals surface area contributed by atoms with E-state index in [1.165, 1.54) is 36.1 Å². The largest absolute Gasteiger partial charge is 0.307 e. The molecule has 2 rings (SSSR count). The van der Waals surface area contributed by atoms with Crippen molar-refractivity contribution in [3.63, 3.8) is 0 Å². The second-order valence-electron chi connectivity index (χ2n) is 5.27. The molecule has 0 aliphatic heterocycles. The number of halogens is 1. The number of nitrogens with zero attached hydrogens (tertiary/aromatic N) is 2. The minimum atomic E-state index is -3.53. The number of benzene rings is 2. The maximum Gasteiger partial charge on any atom is 0.224 e. The summed E-state index contributed by atoms with van der Waals surface area (Å²) in [6.45, 7) is 1.30. The molecular formula is C17H15FN2O3S. The van der Waals surface area contributed by atoms with Crippen molar-refractivity contribution in [2.75, 3.05) is 11.2 Å². The lowest BCUT2D eigenvalue weighted by molar-refractivity contribution is -0.116. The summed E-state index contributed by atoms with van der Waals surface area (Å²) in [6, 6.07) is 11.9. The number of nitriles is 1. The normalized spacial score (nSPS) is 10.9. The molecule has 7 heteroatoms. The van der Waals surface area contributed by atoms with E-state index < -0.39 is 15.7 Å². The van der Waals surface area contributed by atoms with Crippen molar-refractivity contribution < 1.29 is 17.6 Å². The van der Waals surface area contributed by atoms with Gasteiger partial charge in [-0.15, -0.1) is 0 Å². The molecule has 0 saturated carbocycles. The number of hydrogen-bond acceptors (Lipinski definition) is 4. The minimum Gasteiger partial charge on any atom is -0.307 e. The first kappa shape index (κ1) is 17.6. The maximum atomic E-state index is 13.8. The molecule has 0 bridgehead atoms. The Morgan fingerprint density at radius 3 is 2.46 bits per heavy atom. The van der Waals surface area contributed by atoms with E-state index in [1.54, 1.807) is 18.2 Å². The van der Waals surface area contributed by atoms with Gasteiger partial charge in [-0.2, -0.15) is 5.26 Å². The zero-order valence-corrected chi connectivity index (χ0v) is 14.0.